The van der Waals surface area contributed by atoms with Gasteiger partial charge in [0.05, 0.1) is 5.56 Å². The minimum absolute atomic E-state index is 0.172. The minimum atomic E-state index is 0.172. The molecule has 0 saturated carbocycles. The van der Waals surface area contributed by atoms with E-state index in [4.69, 9.17) is 14.4 Å². The lowest BCUT2D eigenvalue weighted by Gasteiger charge is -2.04. The third kappa shape index (κ3) is 2.61. The monoisotopic (exact) mass is 229 g/mol. The summed E-state index contributed by atoms with van der Waals surface area (Å²) in [6, 6.07) is 9.08. The average Bonchev–Trinajstić information content (AvgIpc) is 2.84. The molecule has 0 saturated heterocycles. The van der Waals surface area contributed by atoms with Crippen molar-refractivity contribution >= 4 is 0 Å². The van der Waals surface area contributed by atoms with Crippen molar-refractivity contribution in [3.8, 4) is 11.8 Å². The van der Waals surface area contributed by atoms with E-state index in [-0.39, 0.29) is 6.61 Å². The second-order valence-electron chi connectivity index (χ2n) is 3.34. The Morgan fingerprint density at radius 2 is 2.06 bits per heavy atom. The lowest BCUT2D eigenvalue weighted by molar-refractivity contribution is 0.258. The van der Waals surface area contributed by atoms with E-state index in [0.717, 1.165) is 0 Å². The van der Waals surface area contributed by atoms with E-state index in [1.54, 1.807) is 18.2 Å². The van der Waals surface area contributed by atoms with Crippen molar-refractivity contribution in [2.24, 2.45) is 0 Å². The number of hydrogen-bond donors (Lipinski definition) is 0. The predicted molar refractivity (Wildman–Crippen MR) is 59.2 cm³/mol. The quantitative estimate of drug-likeness (QED) is 0.802. The summed E-state index contributed by atoms with van der Waals surface area (Å²) in [6.45, 7) is 2.11. The van der Waals surface area contributed by atoms with Gasteiger partial charge in [-0.1, -0.05) is 19.1 Å². The summed E-state index contributed by atoms with van der Waals surface area (Å²) >= 11 is 0. The third-order valence-electron chi connectivity index (χ3n) is 2.17. The molecule has 0 spiro atoms. The summed E-state index contributed by atoms with van der Waals surface area (Å²) in [4.78, 5) is 0. The van der Waals surface area contributed by atoms with Crippen molar-refractivity contribution in [2.75, 3.05) is 0 Å². The van der Waals surface area contributed by atoms with Crippen LogP contribution >= 0.6 is 0 Å². The zero-order chi connectivity index (χ0) is 12.1. The Morgan fingerprint density at radius 1 is 1.29 bits per heavy atom. The normalized spacial score (nSPS) is 9.88. The molecule has 0 atom stereocenters. The molecule has 2 aromatic rings. The molecule has 1 heterocycles. The van der Waals surface area contributed by atoms with Crippen molar-refractivity contribution in [1.29, 1.82) is 5.26 Å². The van der Waals surface area contributed by atoms with Crippen molar-refractivity contribution in [2.45, 2.75) is 20.0 Å². The number of hydrogen-bond acceptors (Lipinski definition) is 5. The van der Waals surface area contributed by atoms with Gasteiger partial charge in [0.15, 0.2) is 6.61 Å². The van der Waals surface area contributed by atoms with Gasteiger partial charge in [0.25, 0.3) is 5.89 Å². The zero-order valence-corrected chi connectivity index (χ0v) is 9.38. The van der Waals surface area contributed by atoms with E-state index in [9.17, 15) is 0 Å². The first-order chi connectivity index (χ1) is 8.33. The van der Waals surface area contributed by atoms with Crippen LogP contribution in [0.15, 0.2) is 28.7 Å². The molecule has 5 nitrogen and oxygen atoms in total. The van der Waals surface area contributed by atoms with Gasteiger partial charge >= 0.3 is 0 Å². The van der Waals surface area contributed by atoms with Crippen LogP contribution in [0.25, 0.3) is 0 Å². The maximum atomic E-state index is 8.88. The number of nitriles is 1. The van der Waals surface area contributed by atoms with Crippen LogP contribution in [0.1, 0.15) is 24.3 Å². The van der Waals surface area contributed by atoms with E-state index in [1.165, 1.54) is 0 Å². The van der Waals surface area contributed by atoms with Crippen LogP contribution in [0.5, 0.6) is 5.75 Å². The number of benzene rings is 1. The molecule has 0 unspecified atom stereocenters. The highest BCUT2D eigenvalue weighted by Gasteiger charge is 2.07. The molecule has 1 aromatic carbocycles. The van der Waals surface area contributed by atoms with Crippen molar-refractivity contribution in [3.63, 3.8) is 0 Å². The van der Waals surface area contributed by atoms with E-state index >= 15 is 0 Å². The van der Waals surface area contributed by atoms with Gasteiger partial charge in [0, 0.05) is 6.42 Å². The van der Waals surface area contributed by atoms with Gasteiger partial charge in [-0.3, -0.25) is 0 Å². The average molecular weight is 229 g/mol. The topological polar surface area (TPSA) is 71.9 Å². The second-order valence-corrected chi connectivity index (χ2v) is 3.34. The van der Waals surface area contributed by atoms with Gasteiger partial charge in [-0.2, -0.15) is 5.26 Å². The fourth-order valence-electron chi connectivity index (χ4n) is 1.31. The highest BCUT2D eigenvalue weighted by molar-refractivity contribution is 5.42. The molecule has 0 amide bonds. The van der Waals surface area contributed by atoms with E-state index in [0.29, 0.717) is 29.5 Å². The molecule has 0 aliphatic carbocycles. The zero-order valence-electron chi connectivity index (χ0n) is 9.38. The molecule has 5 heteroatoms. The molecule has 17 heavy (non-hydrogen) atoms. The standard InChI is InChI=1S/C12H11N3O2/c1-2-11-14-15-12(17-11)8-16-10-6-4-3-5-9(10)7-13/h3-6H,2,8H2,1H3. The number of para-hydroxylation sites is 1. The van der Waals surface area contributed by atoms with Crippen molar-refractivity contribution < 1.29 is 9.15 Å². The van der Waals surface area contributed by atoms with Crippen LogP contribution in [0, 0.1) is 11.3 Å². The fourth-order valence-corrected chi connectivity index (χ4v) is 1.31. The van der Waals surface area contributed by atoms with Gasteiger partial charge in [-0.05, 0) is 12.1 Å². The minimum Gasteiger partial charge on any atom is -0.482 e. The molecule has 0 radical (unpaired) electrons. The Kier molecular flexibility index (Phi) is 3.36. The van der Waals surface area contributed by atoms with Gasteiger partial charge < -0.3 is 9.15 Å². The van der Waals surface area contributed by atoms with Crippen LogP contribution < -0.4 is 4.74 Å². The Labute approximate surface area is 98.7 Å². The number of ether oxygens (including phenoxy) is 1. The lowest BCUT2D eigenvalue weighted by atomic mass is 10.2. The van der Waals surface area contributed by atoms with Gasteiger partial charge in [-0.15, -0.1) is 10.2 Å². The first-order valence-electron chi connectivity index (χ1n) is 5.26. The highest BCUT2D eigenvalue weighted by Crippen LogP contribution is 2.17. The third-order valence-corrected chi connectivity index (χ3v) is 2.17. The molecule has 1 aromatic heterocycles. The first-order valence-corrected chi connectivity index (χ1v) is 5.26. The van der Waals surface area contributed by atoms with Crippen LogP contribution in [0.3, 0.4) is 0 Å². The Bertz CT molecular complexity index is 543. The Balaban J connectivity index is 2.05. The summed E-state index contributed by atoms with van der Waals surface area (Å²) in [5.41, 5.74) is 0.489. The first kappa shape index (κ1) is 11.1. The van der Waals surface area contributed by atoms with E-state index in [2.05, 4.69) is 16.3 Å². The summed E-state index contributed by atoms with van der Waals surface area (Å²) in [7, 11) is 0. The SMILES string of the molecule is CCc1nnc(COc2ccccc2C#N)o1. The van der Waals surface area contributed by atoms with Gasteiger partial charge in [0.2, 0.25) is 5.89 Å². The lowest BCUT2D eigenvalue weighted by Crippen LogP contribution is -1.97. The fraction of sp³-hybridized carbons (Fsp3) is 0.250. The van der Waals surface area contributed by atoms with E-state index in [1.807, 2.05) is 13.0 Å². The number of nitrogens with zero attached hydrogens (tertiary/aromatic N) is 3. The maximum Gasteiger partial charge on any atom is 0.253 e. The smallest absolute Gasteiger partial charge is 0.253 e. The van der Waals surface area contributed by atoms with Crippen LogP contribution in [0.4, 0.5) is 0 Å². The molecule has 86 valence electrons. The molecular weight excluding hydrogens is 218 g/mol. The molecule has 0 bridgehead atoms. The molecule has 2 rings (SSSR count). The number of rotatable bonds is 4. The molecular formula is C12H11N3O2. The molecule has 0 aliphatic heterocycles. The summed E-state index contributed by atoms with van der Waals surface area (Å²) in [5, 5.41) is 16.5. The van der Waals surface area contributed by atoms with Crippen molar-refractivity contribution in [1.82, 2.24) is 10.2 Å². The number of aromatic nitrogens is 2. The van der Waals surface area contributed by atoms with Crippen molar-refractivity contribution in [3.05, 3.63) is 41.6 Å². The number of aryl methyl sites for hydroxylation is 1. The molecule has 0 aliphatic rings. The maximum absolute atomic E-state index is 8.88. The van der Waals surface area contributed by atoms with E-state index < -0.39 is 0 Å². The largest absolute Gasteiger partial charge is 0.482 e. The Morgan fingerprint density at radius 3 is 2.76 bits per heavy atom. The Hall–Kier alpha value is -2.35. The van der Waals surface area contributed by atoms with Gasteiger partial charge in [0.1, 0.15) is 11.8 Å². The van der Waals surface area contributed by atoms with Crippen LogP contribution in [-0.2, 0) is 13.0 Å². The predicted octanol–water partition coefficient (Wildman–Crippen LogP) is 2.08. The van der Waals surface area contributed by atoms with Gasteiger partial charge in [-0.25, -0.2) is 0 Å². The second kappa shape index (κ2) is 5.12. The summed E-state index contributed by atoms with van der Waals surface area (Å²) in [5.74, 6) is 1.51. The molecule has 0 fully saturated rings. The van der Waals surface area contributed by atoms with Crippen LogP contribution in [0.2, 0.25) is 0 Å². The summed E-state index contributed by atoms with van der Waals surface area (Å²) < 4.78 is 10.8. The van der Waals surface area contributed by atoms with Crippen LogP contribution in [-0.4, -0.2) is 10.2 Å². The molecule has 0 N–H and O–H groups in total. The summed E-state index contributed by atoms with van der Waals surface area (Å²) in [6.07, 6.45) is 0.696. The highest BCUT2D eigenvalue weighted by atomic mass is 16.5.